The highest BCUT2D eigenvalue weighted by molar-refractivity contribution is 4.83. The molecule has 0 saturated carbocycles. The second kappa shape index (κ2) is 6.17. The summed E-state index contributed by atoms with van der Waals surface area (Å²) in [4.78, 5) is 5.03. The van der Waals surface area contributed by atoms with Crippen LogP contribution in [0.25, 0.3) is 0 Å². The smallest absolute Gasteiger partial charge is 0.0600 e. The Hall–Kier alpha value is -0.120. The highest BCUT2D eigenvalue weighted by Crippen LogP contribution is 2.16. The van der Waals surface area contributed by atoms with Gasteiger partial charge in [-0.3, -0.25) is 4.90 Å². The van der Waals surface area contributed by atoms with Crippen molar-refractivity contribution in [2.24, 2.45) is 5.92 Å². The lowest BCUT2D eigenvalue weighted by molar-refractivity contribution is -0.0300. The Kier molecular flexibility index (Phi) is 5.42. The molecule has 102 valence electrons. The molecule has 0 aliphatic carbocycles. The lowest BCUT2D eigenvalue weighted by Crippen LogP contribution is -2.54. The predicted octanol–water partition coefficient (Wildman–Crippen LogP) is 2.07. The number of likely N-dealkylation sites (N-methyl/N-ethyl adjacent to an activating group) is 1. The summed E-state index contributed by atoms with van der Waals surface area (Å²) in [5.41, 5.74) is -0.0140. The van der Waals surface area contributed by atoms with E-state index in [1.165, 1.54) is 19.6 Å². The molecule has 1 aliphatic rings. The number of hydrogen-bond acceptors (Lipinski definition) is 3. The van der Waals surface area contributed by atoms with Crippen LogP contribution in [0.2, 0.25) is 0 Å². The fourth-order valence-corrected chi connectivity index (χ4v) is 2.37. The molecule has 0 radical (unpaired) electrons. The molecule has 1 aliphatic heterocycles. The summed E-state index contributed by atoms with van der Waals surface area (Å²) in [7, 11) is 2.22. The van der Waals surface area contributed by atoms with E-state index in [0.29, 0.717) is 12.0 Å². The molecule has 0 aromatic carbocycles. The maximum Gasteiger partial charge on any atom is 0.0600 e. The van der Waals surface area contributed by atoms with E-state index in [0.717, 1.165) is 13.2 Å². The molecule has 0 spiro atoms. The normalized spacial score (nSPS) is 24.5. The first kappa shape index (κ1) is 14.9. The van der Waals surface area contributed by atoms with E-state index in [1.807, 2.05) is 0 Å². The molecule has 1 rings (SSSR count). The van der Waals surface area contributed by atoms with Gasteiger partial charge in [0.15, 0.2) is 0 Å². The Bertz CT molecular complexity index is 223. The summed E-state index contributed by atoms with van der Waals surface area (Å²) < 4.78 is 5.83. The van der Waals surface area contributed by atoms with Gasteiger partial charge in [0.2, 0.25) is 0 Å². The third-order valence-electron chi connectivity index (χ3n) is 3.42. The van der Waals surface area contributed by atoms with Crippen LogP contribution in [0.15, 0.2) is 0 Å². The van der Waals surface area contributed by atoms with E-state index in [1.54, 1.807) is 0 Å². The number of nitrogens with zero attached hydrogens (tertiary/aromatic N) is 2. The zero-order valence-electron chi connectivity index (χ0n) is 12.5. The maximum absolute atomic E-state index is 5.83. The minimum atomic E-state index is -0.0140. The summed E-state index contributed by atoms with van der Waals surface area (Å²) in [5.74, 6) is 0.715. The summed E-state index contributed by atoms with van der Waals surface area (Å²) >= 11 is 0. The number of ether oxygens (including phenoxy) is 1. The summed E-state index contributed by atoms with van der Waals surface area (Å²) in [6.07, 6.45) is 0. The number of rotatable bonds is 4. The van der Waals surface area contributed by atoms with Crippen LogP contribution in [0, 0.1) is 5.92 Å². The lowest BCUT2D eigenvalue weighted by atomic mass is 10.00. The van der Waals surface area contributed by atoms with Crippen LogP contribution in [0.3, 0.4) is 0 Å². The highest BCUT2D eigenvalue weighted by Gasteiger charge is 2.27. The van der Waals surface area contributed by atoms with Crippen molar-refractivity contribution in [3.8, 4) is 0 Å². The van der Waals surface area contributed by atoms with Gasteiger partial charge in [0.05, 0.1) is 12.2 Å². The predicted molar refractivity (Wildman–Crippen MR) is 73.4 cm³/mol. The van der Waals surface area contributed by atoms with E-state index >= 15 is 0 Å². The largest absolute Gasteiger partial charge is 0.375 e. The zero-order chi connectivity index (χ0) is 13.1. The van der Waals surface area contributed by atoms with Gasteiger partial charge in [-0.25, -0.2) is 0 Å². The highest BCUT2D eigenvalue weighted by atomic mass is 16.5. The molecule has 0 bridgehead atoms. The van der Waals surface area contributed by atoms with Gasteiger partial charge in [-0.15, -0.1) is 0 Å². The Morgan fingerprint density at radius 1 is 1.24 bits per heavy atom. The molecular weight excluding hydrogens is 212 g/mol. The maximum atomic E-state index is 5.83. The van der Waals surface area contributed by atoms with Crippen molar-refractivity contribution in [3.05, 3.63) is 0 Å². The number of piperazine rings is 1. The molecule has 3 heteroatoms. The molecule has 0 aromatic rings. The van der Waals surface area contributed by atoms with Crippen LogP contribution < -0.4 is 0 Å². The molecule has 17 heavy (non-hydrogen) atoms. The summed E-state index contributed by atoms with van der Waals surface area (Å²) in [6, 6.07) is 0.678. The first-order chi connectivity index (χ1) is 7.79. The van der Waals surface area contributed by atoms with E-state index in [2.05, 4.69) is 51.5 Å². The molecule has 1 heterocycles. The van der Waals surface area contributed by atoms with Crippen molar-refractivity contribution in [2.75, 3.05) is 39.8 Å². The van der Waals surface area contributed by atoms with Gasteiger partial charge in [-0.05, 0) is 33.7 Å². The molecule has 3 nitrogen and oxygen atoms in total. The molecule has 1 atom stereocenters. The molecule has 0 aromatic heterocycles. The quantitative estimate of drug-likeness (QED) is 0.750. The second-order valence-electron chi connectivity index (χ2n) is 6.57. The number of hydrogen-bond donors (Lipinski definition) is 0. The molecule has 0 N–H and O–H groups in total. The van der Waals surface area contributed by atoms with Crippen molar-refractivity contribution in [1.29, 1.82) is 0 Å². The van der Waals surface area contributed by atoms with Gasteiger partial charge < -0.3 is 9.64 Å². The van der Waals surface area contributed by atoms with E-state index in [-0.39, 0.29) is 5.60 Å². The Morgan fingerprint density at radius 2 is 1.88 bits per heavy atom. The third-order valence-corrected chi connectivity index (χ3v) is 3.42. The fourth-order valence-electron chi connectivity index (χ4n) is 2.37. The van der Waals surface area contributed by atoms with Crippen molar-refractivity contribution in [3.63, 3.8) is 0 Å². The van der Waals surface area contributed by atoms with Gasteiger partial charge in [0.1, 0.15) is 0 Å². The van der Waals surface area contributed by atoms with Crippen LogP contribution in [-0.4, -0.2) is 61.3 Å². The summed E-state index contributed by atoms with van der Waals surface area (Å²) in [5, 5.41) is 0. The molecular formula is C14H30N2O. The topological polar surface area (TPSA) is 15.7 Å². The third kappa shape index (κ3) is 5.36. The standard InChI is InChI=1S/C14H30N2O/c1-12(2)13-11-15(6)7-8-16(13)9-10-17-14(3,4)5/h12-13H,7-11H2,1-6H3/t13-/m0/s1. The first-order valence-electron chi connectivity index (χ1n) is 6.86. The van der Waals surface area contributed by atoms with E-state index < -0.39 is 0 Å². The van der Waals surface area contributed by atoms with Crippen LogP contribution in [-0.2, 0) is 4.74 Å². The van der Waals surface area contributed by atoms with Gasteiger partial charge in [0, 0.05) is 32.2 Å². The Balaban J connectivity index is 2.39. The average molecular weight is 242 g/mol. The van der Waals surface area contributed by atoms with Crippen LogP contribution in [0.5, 0.6) is 0 Å². The van der Waals surface area contributed by atoms with Crippen LogP contribution in [0.4, 0.5) is 0 Å². The summed E-state index contributed by atoms with van der Waals surface area (Å²) in [6.45, 7) is 16.5. The fraction of sp³-hybridized carbons (Fsp3) is 1.00. The molecule has 1 saturated heterocycles. The van der Waals surface area contributed by atoms with Gasteiger partial charge >= 0.3 is 0 Å². The Labute approximate surface area is 107 Å². The van der Waals surface area contributed by atoms with Crippen LogP contribution in [0.1, 0.15) is 34.6 Å². The SMILES string of the molecule is CC(C)[C@@H]1CN(C)CCN1CCOC(C)(C)C. The van der Waals surface area contributed by atoms with Crippen molar-refractivity contribution in [1.82, 2.24) is 9.80 Å². The van der Waals surface area contributed by atoms with Crippen molar-refractivity contribution >= 4 is 0 Å². The molecule has 0 unspecified atom stereocenters. The minimum Gasteiger partial charge on any atom is -0.375 e. The Morgan fingerprint density at radius 3 is 2.41 bits per heavy atom. The minimum absolute atomic E-state index is 0.0140. The lowest BCUT2D eigenvalue weighted by Gasteiger charge is -2.42. The first-order valence-corrected chi connectivity index (χ1v) is 6.86. The monoisotopic (exact) mass is 242 g/mol. The van der Waals surface area contributed by atoms with E-state index in [9.17, 15) is 0 Å². The van der Waals surface area contributed by atoms with Gasteiger partial charge in [-0.2, -0.15) is 0 Å². The zero-order valence-corrected chi connectivity index (χ0v) is 12.5. The van der Waals surface area contributed by atoms with Crippen LogP contribution >= 0.6 is 0 Å². The van der Waals surface area contributed by atoms with Crippen molar-refractivity contribution < 1.29 is 4.74 Å². The molecule has 1 fully saturated rings. The van der Waals surface area contributed by atoms with Gasteiger partial charge in [0.25, 0.3) is 0 Å². The molecule has 0 amide bonds. The second-order valence-corrected chi connectivity index (χ2v) is 6.57. The van der Waals surface area contributed by atoms with Gasteiger partial charge in [-0.1, -0.05) is 13.8 Å². The van der Waals surface area contributed by atoms with E-state index in [4.69, 9.17) is 4.74 Å². The average Bonchev–Trinajstić information content (AvgIpc) is 2.18. The van der Waals surface area contributed by atoms with Crippen molar-refractivity contribution in [2.45, 2.75) is 46.3 Å².